The van der Waals surface area contributed by atoms with Crippen molar-refractivity contribution in [1.82, 2.24) is 4.98 Å². The quantitative estimate of drug-likeness (QED) is 0.736. The van der Waals surface area contributed by atoms with E-state index in [0.29, 0.717) is 9.90 Å². The molecular formula is C16H13NO2S2. The fourth-order valence-electron chi connectivity index (χ4n) is 1.99. The number of hydrogen-bond donors (Lipinski definition) is 0. The van der Waals surface area contributed by atoms with Gasteiger partial charge in [0.2, 0.25) is 0 Å². The number of thiazole rings is 1. The summed E-state index contributed by atoms with van der Waals surface area (Å²) in [4.78, 5) is 4.77. The minimum atomic E-state index is -3.33. The molecule has 106 valence electrons. The highest BCUT2D eigenvalue weighted by Crippen LogP contribution is 2.24. The highest BCUT2D eigenvalue weighted by molar-refractivity contribution is 7.90. The van der Waals surface area contributed by atoms with Crippen LogP contribution in [0.1, 0.15) is 5.01 Å². The molecule has 0 spiro atoms. The van der Waals surface area contributed by atoms with Gasteiger partial charge in [0.15, 0.2) is 9.84 Å². The summed E-state index contributed by atoms with van der Waals surface area (Å²) in [5, 5.41) is 2.50. The van der Waals surface area contributed by atoms with Crippen molar-refractivity contribution in [3.05, 3.63) is 71.1 Å². The molecule has 0 aliphatic carbocycles. The second-order valence-corrected chi connectivity index (χ2v) is 7.50. The molecule has 0 amide bonds. The Hall–Kier alpha value is -1.98. The Labute approximate surface area is 127 Å². The van der Waals surface area contributed by atoms with E-state index in [2.05, 4.69) is 4.98 Å². The molecule has 0 fully saturated rings. The van der Waals surface area contributed by atoms with E-state index in [1.165, 1.54) is 11.3 Å². The zero-order chi connectivity index (χ0) is 14.7. The molecule has 0 saturated carbocycles. The van der Waals surface area contributed by atoms with Gasteiger partial charge in [-0.05, 0) is 12.1 Å². The minimum absolute atomic E-state index is 0.0610. The topological polar surface area (TPSA) is 47.0 Å². The molecule has 0 unspecified atom stereocenters. The van der Waals surface area contributed by atoms with Crippen LogP contribution in [0, 0.1) is 0 Å². The van der Waals surface area contributed by atoms with Crippen molar-refractivity contribution in [2.24, 2.45) is 0 Å². The minimum Gasteiger partial charge on any atom is -0.240 e. The van der Waals surface area contributed by atoms with Crippen LogP contribution in [0.25, 0.3) is 11.3 Å². The molecule has 5 heteroatoms. The molecule has 3 nitrogen and oxygen atoms in total. The van der Waals surface area contributed by atoms with Gasteiger partial charge in [-0.2, -0.15) is 0 Å². The number of benzene rings is 2. The van der Waals surface area contributed by atoms with Gasteiger partial charge < -0.3 is 0 Å². The maximum Gasteiger partial charge on any atom is 0.184 e. The number of rotatable bonds is 4. The lowest BCUT2D eigenvalue weighted by molar-refractivity contribution is 0.595. The average Bonchev–Trinajstić information content (AvgIpc) is 2.97. The summed E-state index contributed by atoms with van der Waals surface area (Å²) in [6, 6.07) is 18.2. The first-order valence-electron chi connectivity index (χ1n) is 6.43. The molecule has 0 atom stereocenters. The molecule has 2 aromatic carbocycles. The summed E-state index contributed by atoms with van der Waals surface area (Å²) >= 11 is 1.38. The summed E-state index contributed by atoms with van der Waals surface area (Å²) < 4.78 is 24.6. The van der Waals surface area contributed by atoms with E-state index in [-0.39, 0.29) is 5.75 Å². The fraction of sp³-hybridized carbons (Fsp3) is 0.0625. The smallest absolute Gasteiger partial charge is 0.184 e. The largest absolute Gasteiger partial charge is 0.240 e. The van der Waals surface area contributed by atoms with Crippen LogP contribution in [-0.2, 0) is 15.6 Å². The van der Waals surface area contributed by atoms with Crippen molar-refractivity contribution in [2.45, 2.75) is 10.6 Å². The number of hydrogen-bond acceptors (Lipinski definition) is 4. The molecule has 3 rings (SSSR count). The van der Waals surface area contributed by atoms with E-state index in [1.54, 1.807) is 30.3 Å². The van der Waals surface area contributed by atoms with E-state index in [9.17, 15) is 8.42 Å². The van der Waals surface area contributed by atoms with Gasteiger partial charge in [0.25, 0.3) is 0 Å². The van der Waals surface area contributed by atoms with Gasteiger partial charge in [-0.3, -0.25) is 0 Å². The van der Waals surface area contributed by atoms with Gasteiger partial charge in [-0.15, -0.1) is 11.3 Å². The highest BCUT2D eigenvalue weighted by atomic mass is 32.2. The molecule has 1 aromatic heterocycles. The molecule has 1 heterocycles. The van der Waals surface area contributed by atoms with Crippen LogP contribution in [0.4, 0.5) is 0 Å². The van der Waals surface area contributed by atoms with Crippen LogP contribution in [0.3, 0.4) is 0 Å². The molecular weight excluding hydrogens is 302 g/mol. The zero-order valence-electron chi connectivity index (χ0n) is 11.1. The lowest BCUT2D eigenvalue weighted by atomic mass is 10.2. The van der Waals surface area contributed by atoms with Gasteiger partial charge >= 0.3 is 0 Å². The molecule has 0 saturated heterocycles. The summed E-state index contributed by atoms with van der Waals surface area (Å²) in [7, 11) is -3.33. The van der Waals surface area contributed by atoms with Crippen molar-refractivity contribution in [2.75, 3.05) is 0 Å². The Kier molecular flexibility index (Phi) is 3.86. The summed E-state index contributed by atoms with van der Waals surface area (Å²) in [6.45, 7) is 0. The molecule has 0 aliphatic rings. The Bertz CT molecular complexity index is 825. The Morgan fingerprint density at radius 1 is 0.905 bits per heavy atom. The monoisotopic (exact) mass is 315 g/mol. The van der Waals surface area contributed by atoms with E-state index in [1.807, 2.05) is 35.7 Å². The van der Waals surface area contributed by atoms with Crippen molar-refractivity contribution in [3.8, 4) is 11.3 Å². The van der Waals surface area contributed by atoms with E-state index in [4.69, 9.17) is 0 Å². The lowest BCUT2D eigenvalue weighted by Crippen LogP contribution is -2.04. The van der Waals surface area contributed by atoms with E-state index in [0.717, 1.165) is 11.3 Å². The first-order valence-corrected chi connectivity index (χ1v) is 8.96. The Morgan fingerprint density at radius 3 is 2.19 bits per heavy atom. The molecule has 0 aliphatic heterocycles. The third kappa shape index (κ3) is 3.20. The lowest BCUT2D eigenvalue weighted by Gasteiger charge is -2.01. The van der Waals surface area contributed by atoms with Crippen molar-refractivity contribution in [3.63, 3.8) is 0 Å². The summed E-state index contributed by atoms with van der Waals surface area (Å²) in [5.74, 6) is -0.0610. The van der Waals surface area contributed by atoms with Crippen molar-refractivity contribution in [1.29, 1.82) is 0 Å². The zero-order valence-corrected chi connectivity index (χ0v) is 12.8. The second-order valence-electron chi connectivity index (χ2n) is 4.56. The van der Waals surface area contributed by atoms with Gasteiger partial charge in [0.05, 0.1) is 10.6 Å². The summed E-state index contributed by atoms with van der Waals surface area (Å²) in [5.41, 5.74) is 1.82. The van der Waals surface area contributed by atoms with Gasteiger partial charge in [0, 0.05) is 10.9 Å². The SMILES string of the molecule is O=S(=O)(Cc1nc(-c2ccccc2)cs1)c1ccccc1. The molecule has 21 heavy (non-hydrogen) atoms. The van der Waals surface area contributed by atoms with Crippen molar-refractivity contribution < 1.29 is 8.42 Å². The van der Waals surface area contributed by atoms with Crippen molar-refractivity contribution >= 4 is 21.2 Å². The van der Waals surface area contributed by atoms with Gasteiger partial charge in [-0.1, -0.05) is 48.5 Å². The van der Waals surface area contributed by atoms with E-state index >= 15 is 0 Å². The van der Waals surface area contributed by atoms with Gasteiger partial charge in [0.1, 0.15) is 10.8 Å². The molecule has 0 radical (unpaired) electrons. The average molecular weight is 315 g/mol. The van der Waals surface area contributed by atoms with Crippen LogP contribution in [-0.4, -0.2) is 13.4 Å². The Balaban J connectivity index is 1.85. The third-order valence-electron chi connectivity index (χ3n) is 3.04. The number of aromatic nitrogens is 1. The highest BCUT2D eigenvalue weighted by Gasteiger charge is 2.17. The Morgan fingerprint density at radius 2 is 1.52 bits per heavy atom. The number of nitrogens with zero attached hydrogens (tertiary/aromatic N) is 1. The van der Waals surface area contributed by atoms with Crippen LogP contribution in [0.15, 0.2) is 70.9 Å². The van der Waals surface area contributed by atoms with Crippen LogP contribution < -0.4 is 0 Å². The van der Waals surface area contributed by atoms with Crippen LogP contribution in [0.5, 0.6) is 0 Å². The predicted octanol–water partition coefficient (Wildman–Crippen LogP) is 3.78. The maximum absolute atomic E-state index is 12.3. The molecule has 0 bridgehead atoms. The first kappa shape index (κ1) is 14.0. The third-order valence-corrected chi connectivity index (χ3v) is 5.71. The summed E-state index contributed by atoms with van der Waals surface area (Å²) in [6.07, 6.45) is 0. The molecule has 3 aromatic rings. The first-order chi connectivity index (χ1) is 10.1. The maximum atomic E-state index is 12.3. The number of sulfone groups is 1. The fourth-order valence-corrected chi connectivity index (χ4v) is 4.45. The normalized spacial score (nSPS) is 11.4. The van der Waals surface area contributed by atoms with E-state index < -0.39 is 9.84 Å². The predicted molar refractivity (Wildman–Crippen MR) is 84.9 cm³/mol. The van der Waals surface area contributed by atoms with Crippen LogP contribution in [0.2, 0.25) is 0 Å². The van der Waals surface area contributed by atoms with Gasteiger partial charge in [-0.25, -0.2) is 13.4 Å². The standard InChI is InChI=1S/C16H13NO2S2/c18-21(19,14-9-5-2-6-10-14)12-16-17-15(11-20-16)13-7-3-1-4-8-13/h1-11H,12H2. The molecule has 0 N–H and O–H groups in total. The second kappa shape index (κ2) is 5.79. The van der Waals surface area contributed by atoms with Crippen LogP contribution >= 0.6 is 11.3 Å².